The zero-order valence-corrected chi connectivity index (χ0v) is 9.32. The third-order valence-electron chi connectivity index (χ3n) is 2.00. The van der Waals surface area contributed by atoms with Gasteiger partial charge < -0.3 is 0 Å². The summed E-state index contributed by atoms with van der Waals surface area (Å²) in [7, 11) is 0. The number of hydrogen-bond donors (Lipinski definition) is 0. The number of rotatable bonds is 3. The summed E-state index contributed by atoms with van der Waals surface area (Å²) >= 11 is 7.37. The van der Waals surface area contributed by atoms with Crippen molar-refractivity contribution in [3.8, 4) is 0 Å². The summed E-state index contributed by atoms with van der Waals surface area (Å²) in [6, 6.07) is 3.79. The molecule has 1 aromatic heterocycles. The third kappa shape index (κ3) is 2.75. The van der Waals surface area contributed by atoms with E-state index >= 15 is 0 Å². The van der Waals surface area contributed by atoms with Crippen molar-refractivity contribution in [3.05, 3.63) is 40.5 Å². The maximum absolute atomic E-state index is 5.69. The molecule has 0 N–H and O–H groups in total. The topological polar surface area (TPSA) is 12.9 Å². The molecule has 0 saturated carbocycles. The van der Waals surface area contributed by atoms with Gasteiger partial charge in [-0.3, -0.25) is 0 Å². The van der Waals surface area contributed by atoms with Gasteiger partial charge in [0.05, 0.1) is 0 Å². The normalized spacial score (nSPS) is 12.5. The van der Waals surface area contributed by atoms with Gasteiger partial charge in [-0.25, -0.2) is 4.98 Å². The van der Waals surface area contributed by atoms with Crippen LogP contribution in [0.3, 0.4) is 0 Å². The molecule has 1 aromatic rings. The first-order valence-corrected chi connectivity index (χ1v) is 5.59. The van der Waals surface area contributed by atoms with E-state index in [2.05, 4.69) is 18.5 Å². The van der Waals surface area contributed by atoms with E-state index in [-0.39, 0.29) is 0 Å². The smallest absolute Gasteiger partial charge is 0.129 e. The second-order valence-electron chi connectivity index (χ2n) is 2.81. The lowest BCUT2D eigenvalue weighted by molar-refractivity contribution is 0.942. The van der Waals surface area contributed by atoms with Gasteiger partial charge in [-0.1, -0.05) is 31.2 Å². The molecule has 0 spiro atoms. The molecule has 1 rings (SSSR count). The van der Waals surface area contributed by atoms with E-state index in [4.69, 9.17) is 11.6 Å². The highest BCUT2D eigenvalue weighted by molar-refractivity contribution is 8.02. The van der Waals surface area contributed by atoms with E-state index in [1.807, 2.05) is 12.3 Å². The molecular formula is C10H12ClNS. The quantitative estimate of drug-likeness (QED) is 0.710. The molecule has 1 nitrogen and oxygen atoms in total. The highest BCUT2D eigenvalue weighted by Gasteiger charge is 2.08. The van der Waals surface area contributed by atoms with Gasteiger partial charge in [0.15, 0.2) is 0 Å². The lowest BCUT2D eigenvalue weighted by atomic mass is 10.0. The summed E-state index contributed by atoms with van der Waals surface area (Å²) in [6.45, 7) is 6.09. The fraction of sp³-hybridized carbons (Fsp3) is 0.300. The summed E-state index contributed by atoms with van der Waals surface area (Å²) in [5.74, 6) is 0.333. The highest BCUT2D eigenvalue weighted by Crippen LogP contribution is 2.28. The van der Waals surface area contributed by atoms with Crippen LogP contribution >= 0.6 is 23.4 Å². The maximum atomic E-state index is 5.69. The number of hydrogen-bond acceptors (Lipinski definition) is 2. The molecule has 0 saturated heterocycles. The predicted molar refractivity (Wildman–Crippen MR) is 60.3 cm³/mol. The van der Waals surface area contributed by atoms with Gasteiger partial charge in [0.1, 0.15) is 5.15 Å². The molecular weight excluding hydrogens is 202 g/mol. The average molecular weight is 214 g/mol. The Morgan fingerprint density at radius 3 is 2.77 bits per heavy atom. The molecule has 0 aliphatic carbocycles. The summed E-state index contributed by atoms with van der Waals surface area (Å²) < 4.78 is 0. The Morgan fingerprint density at radius 1 is 1.62 bits per heavy atom. The number of halogens is 1. The van der Waals surface area contributed by atoms with E-state index in [0.29, 0.717) is 11.1 Å². The molecule has 1 atom stereocenters. The van der Waals surface area contributed by atoms with Gasteiger partial charge in [-0.05, 0) is 22.8 Å². The Kier molecular flexibility index (Phi) is 3.82. The Morgan fingerprint density at radius 2 is 2.31 bits per heavy atom. The van der Waals surface area contributed by atoms with E-state index < -0.39 is 0 Å². The first-order chi connectivity index (χ1) is 6.15. The number of pyridine rings is 1. The molecule has 0 radical (unpaired) electrons. The van der Waals surface area contributed by atoms with Crippen LogP contribution in [0.2, 0.25) is 5.15 Å². The minimum Gasteiger partial charge on any atom is -0.244 e. The largest absolute Gasteiger partial charge is 0.244 e. The number of allylic oxidation sites excluding steroid dienone is 1. The van der Waals surface area contributed by atoms with Crippen molar-refractivity contribution in [1.82, 2.24) is 4.98 Å². The molecule has 0 amide bonds. The van der Waals surface area contributed by atoms with Crippen LogP contribution in [0.1, 0.15) is 18.4 Å². The van der Waals surface area contributed by atoms with E-state index in [1.165, 1.54) is 0 Å². The maximum Gasteiger partial charge on any atom is 0.129 e. The predicted octanol–water partition coefficient (Wildman–Crippen LogP) is 3.72. The first kappa shape index (κ1) is 10.6. The first-order valence-electron chi connectivity index (χ1n) is 3.99. The Balaban J connectivity index is 2.83. The van der Waals surface area contributed by atoms with Gasteiger partial charge in [0, 0.05) is 12.1 Å². The van der Waals surface area contributed by atoms with Crippen LogP contribution in [0.4, 0.5) is 0 Å². The number of nitrogens with zero attached hydrogens (tertiary/aromatic N) is 1. The highest BCUT2D eigenvalue weighted by atomic mass is 35.5. The monoisotopic (exact) mass is 213 g/mol. The van der Waals surface area contributed by atoms with Gasteiger partial charge in [-0.15, -0.1) is 11.8 Å². The van der Waals surface area contributed by atoms with Crippen molar-refractivity contribution in [1.29, 1.82) is 0 Å². The van der Waals surface area contributed by atoms with Crippen molar-refractivity contribution in [3.63, 3.8) is 0 Å². The van der Waals surface area contributed by atoms with Crippen molar-refractivity contribution in [2.24, 2.45) is 0 Å². The molecule has 0 aliphatic heterocycles. The minimum absolute atomic E-state index is 0.333. The van der Waals surface area contributed by atoms with Crippen LogP contribution in [0.25, 0.3) is 0 Å². The molecule has 13 heavy (non-hydrogen) atoms. The van der Waals surface area contributed by atoms with Gasteiger partial charge in [-0.2, -0.15) is 0 Å². The number of thioether (sulfide) groups is 1. The van der Waals surface area contributed by atoms with Crippen LogP contribution in [-0.4, -0.2) is 11.2 Å². The van der Waals surface area contributed by atoms with Gasteiger partial charge in [0.2, 0.25) is 0 Å². The van der Waals surface area contributed by atoms with E-state index in [1.54, 1.807) is 24.0 Å². The Hall–Kier alpha value is -0.470. The molecule has 0 fully saturated rings. The van der Waals surface area contributed by atoms with Crippen molar-refractivity contribution >= 4 is 23.4 Å². The van der Waals surface area contributed by atoms with Gasteiger partial charge >= 0.3 is 0 Å². The van der Waals surface area contributed by atoms with E-state index in [9.17, 15) is 0 Å². The Bertz CT molecular complexity index is 294. The summed E-state index contributed by atoms with van der Waals surface area (Å²) in [4.78, 5) is 5.17. The van der Waals surface area contributed by atoms with Crippen LogP contribution in [0.5, 0.6) is 0 Å². The van der Waals surface area contributed by atoms with Crippen LogP contribution < -0.4 is 0 Å². The molecule has 70 valence electrons. The second kappa shape index (κ2) is 4.68. The lowest BCUT2D eigenvalue weighted by Crippen LogP contribution is -1.94. The number of aromatic nitrogens is 1. The molecule has 0 aliphatic rings. The van der Waals surface area contributed by atoms with E-state index in [0.717, 1.165) is 10.5 Å². The fourth-order valence-corrected chi connectivity index (χ4v) is 1.61. The van der Waals surface area contributed by atoms with Crippen molar-refractivity contribution in [2.45, 2.75) is 12.8 Å². The zero-order valence-electron chi connectivity index (χ0n) is 7.75. The SMILES string of the molecule is C=C(SC)C(C)c1ccc(Cl)nc1. The van der Waals surface area contributed by atoms with Crippen molar-refractivity contribution in [2.75, 3.05) is 6.26 Å². The fourth-order valence-electron chi connectivity index (χ4n) is 1.01. The molecule has 1 unspecified atom stereocenters. The van der Waals surface area contributed by atoms with Crippen LogP contribution in [0, 0.1) is 0 Å². The lowest BCUT2D eigenvalue weighted by Gasteiger charge is -2.12. The van der Waals surface area contributed by atoms with Crippen LogP contribution in [0.15, 0.2) is 29.8 Å². The summed E-state index contributed by atoms with van der Waals surface area (Å²) in [6.07, 6.45) is 3.83. The minimum atomic E-state index is 0.333. The standard InChI is InChI=1S/C10H12ClNS/c1-7(8(2)13-3)9-4-5-10(11)12-6-9/h4-7H,2H2,1,3H3. The molecule has 3 heteroatoms. The summed E-state index contributed by atoms with van der Waals surface area (Å²) in [5.41, 5.74) is 1.16. The van der Waals surface area contributed by atoms with Crippen LogP contribution in [-0.2, 0) is 0 Å². The summed E-state index contributed by atoms with van der Waals surface area (Å²) in [5, 5.41) is 0.533. The third-order valence-corrected chi connectivity index (χ3v) is 3.10. The molecule has 1 heterocycles. The van der Waals surface area contributed by atoms with Crippen molar-refractivity contribution < 1.29 is 0 Å². The average Bonchev–Trinajstić information content (AvgIpc) is 2.17. The molecule has 0 bridgehead atoms. The van der Waals surface area contributed by atoms with Gasteiger partial charge in [0.25, 0.3) is 0 Å². The second-order valence-corrected chi connectivity index (χ2v) is 4.13. The Labute approximate surface area is 88.2 Å². The zero-order chi connectivity index (χ0) is 9.84. The molecule has 0 aromatic carbocycles.